The zero-order valence-corrected chi connectivity index (χ0v) is 10.6. The van der Waals surface area contributed by atoms with Crippen molar-refractivity contribution in [1.29, 1.82) is 0 Å². The van der Waals surface area contributed by atoms with Crippen molar-refractivity contribution in [2.24, 2.45) is 0 Å². The van der Waals surface area contributed by atoms with Gasteiger partial charge in [-0.3, -0.25) is 0 Å². The molecule has 0 unspecified atom stereocenters. The zero-order chi connectivity index (χ0) is 11.8. The summed E-state index contributed by atoms with van der Waals surface area (Å²) in [5.74, 6) is 0. The molecule has 2 aliphatic heterocycles. The number of fused-ring (bicyclic) bond motifs is 1. The molecule has 0 spiro atoms. The Balaban J connectivity index is 1.82. The van der Waals surface area contributed by atoms with Crippen LogP contribution in [0, 0.1) is 0 Å². The minimum absolute atomic E-state index is 0.150. The van der Waals surface area contributed by atoms with E-state index in [0.29, 0.717) is 6.61 Å². The van der Waals surface area contributed by atoms with Crippen LogP contribution < -0.4 is 0 Å². The second-order valence-electron chi connectivity index (χ2n) is 4.79. The molecule has 98 valence electrons. The number of ether oxygens (including phenoxy) is 3. The lowest BCUT2D eigenvalue weighted by molar-refractivity contribution is -0.131. The number of hydrogen-bond acceptors (Lipinski definition) is 3. The van der Waals surface area contributed by atoms with E-state index < -0.39 is 0 Å². The van der Waals surface area contributed by atoms with Crippen molar-refractivity contribution in [3.8, 4) is 0 Å². The first-order valence-corrected chi connectivity index (χ1v) is 6.93. The lowest BCUT2D eigenvalue weighted by Crippen LogP contribution is -2.39. The molecular formula is C14H24O3. The van der Waals surface area contributed by atoms with Gasteiger partial charge in [0.1, 0.15) is 6.10 Å². The van der Waals surface area contributed by atoms with E-state index in [9.17, 15) is 0 Å². The molecule has 3 nitrogen and oxygen atoms in total. The van der Waals surface area contributed by atoms with Crippen LogP contribution in [0.1, 0.15) is 38.5 Å². The maximum atomic E-state index is 5.92. The summed E-state index contributed by atoms with van der Waals surface area (Å²) in [5, 5.41) is 0. The summed E-state index contributed by atoms with van der Waals surface area (Å²) < 4.78 is 17.3. The highest BCUT2D eigenvalue weighted by Crippen LogP contribution is 2.18. The first-order chi connectivity index (χ1) is 8.47. The largest absolute Gasteiger partial charge is 0.379 e. The first-order valence-electron chi connectivity index (χ1n) is 6.93. The van der Waals surface area contributed by atoms with E-state index in [-0.39, 0.29) is 12.2 Å². The average molecular weight is 240 g/mol. The van der Waals surface area contributed by atoms with Gasteiger partial charge in [-0.15, -0.1) is 0 Å². The van der Waals surface area contributed by atoms with E-state index in [1.54, 1.807) is 0 Å². The second kappa shape index (κ2) is 7.85. The van der Waals surface area contributed by atoms with Crippen molar-refractivity contribution in [2.75, 3.05) is 26.4 Å². The minimum atomic E-state index is 0.150. The predicted octanol–water partition coefficient (Wildman–Crippen LogP) is 2.70. The normalized spacial score (nSPS) is 34.8. The molecule has 0 N–H and O–H groups in total. The van der Waals surface area contributed by atoms with Gasteiger partial charge in [-0.25, -0.2) is 0 Å². The molecule has 0 aromatic heterocycles. The molecule has 0 radical (unpaired) electrons. The van der Waals surface area contributed by atoms with Gasteiger partial charge < -0.3 is 14.2 Å². The molecule has 0 bridgehead atoms. The van der Waals surface area contributed by atoms with Gasteiger partial charge in [0.05, 0.1) is 12.7 Å². The van der Waals surface area contributed by atoms with Crippen molar-refractivity contribution in [2.45, 2.75) is 50.7 Å². The molecular weight excluding hydrogens is 216 g/mol. The van der Waals surface area contributed by atoms with Crippen LogP contribution in [0.2, 0.25) is 0 Å². The number of allylic oxidation sites excluding steroid dienone is 2. The van der Waals surface area contributed by atoms with Crippen molar-refractivity contribution in [3.63, 3.8) is 0 Å². The second-order valence-corrected chi connectivity index (χ2v) is 4.79. The van der Waals surface area contributed by atoms with E-state index in [0.717, 1.165) is 58.3 Å². The Morgan fingerprint density at radius 2 is 1.47 bits per heavy atom. The van der Waals surface area contributed by atoms with Crippen LogP contribution >= 0.6 is 0 Å². The summed E-state index contributed by atoms with van der Waals surface area (Å²) in [7, 11) is 0. The fraction of sp³-hybridized carbons (Fsp3) is 0.857. The monoisotopic (exact) mass is 240 g/mol. The van der Waals surface area contributed by atoms with E-state index in [1.807, 2.05) is 0 Å². The van der Waals surface area contributed by atoms with Crippen LogP contribution in [0.15, 0.2) is 12.2 Å². The highest BCUT2D eigenvalue weighted by molar-refractivity contribution is 4.82. The molecule has 0 saturated carbocycles. The summed E-state index contributed by atoms with van der Waals surface area (Å²) in [6.45, 7) is 3.22. The lowest BCUT2D eigenvalue weighted by Gasteiger charge is -2.31. The molecule has 1 fully saturated rings. The van der Waals surface area contributed by atoms with Crippen LogP contribution in [0.5, 0.6) is 0 Å². The molecule has 0 aromatic carbocycles. The molecule has 1 saturated heterocycles. The van der Waals surface area contributed by atoms with Gasteiger partial charge in [0.2, 0.25) is 0 Å². The molecule has 0 aromatic rings. The predicted molar refractivity (Wildman–Crippen MR) is 67.1 cm³/mol. The highest BCUT2D eigenvalue weighted by Gasteiger charge is 2.26. The summed E-state index contributed by atoms with van der Waals surface area (Å²) in [5.41, 5.74) is 0. The highest BCUT2D eigenvalue weighted by atomic mass is 16.6. The average Bonchev–Trinajstić information content (AvgIpc) is 2.38. The van der Waals surface area contributed by atoms with Crippen molar-refractivity contribution in [3.05, 3.63) is 12.2 Å². The molecule has 3 heteroatoms. The van der Waals surface area contributed by atoms with Crippen LogP contribution in [0.3, 0.4) is 0 Å². The Kier molecular flexibility index (Phi) is 6.03. The van der Waals surface area contributed by atoms with Crippen LogP contribution in [0.4, 0.5) is 0 Å². The van der Waals surface area contributed by atoms with Crippen LogP contribution in [-0.2, 0) is 14.2 Å². The quantitative estimate of drug-likeness (QED) is 0.609. The topological polar surface area (TPSA) is 27.7 Å². The Bertz CT molecular complexity index is 228. The Morgan fingerprint density at radius 1 is 0.765 bits per heavy atom. The molecule has 2 aliphatic rings. The molecule has 17 heavy (non-hydrogen) atoms. The summed E-state index contributed by atoms with van der Waals surface area (Å²) in [6, 6.07) is 0. The zero-order valence-electron chi connectivity index (χ0n) is 10.6. The Hall–Kier alpha value is -0.380. The number of rotatable bonds is 0. The van der Waals surface area contributed by atoms with Gasteiger partial charge in [0, 0.05) is 19.8 Å². The van der Waals surface area contributed by atoms with E-state index in [4.69, 9.17) is 14.2 Å². The third-order valence-electron chi connectivity index (χ3n) is 3.33. The molecule has 0 aliphatic carbocycles. The Labute approximate surface area is 104 Å². The number of hydrogen-bond donors (Lipinski definition) is 0. The van der Waals surface area contributed by atoms with Gasteiger partial charge >= 0.3 is 0 Å². The standard InChI is InChI=1S/C14H24O3/c1-2-4-6-10-16-13-8-7-11-17-14(13)12-15-9-5-3-1/h1-2,13-14H,3-12H2/b2-1-/t13-,14+/m0/s1. The van der Waals surface area contributed by atoms with Crippen LogP contribution in [-0.4, -0.2) is 38.6 Å². The summed E-state index contributed by atoms with van der Waals surface area (Å²) in [6.07, 6.45) is 11.6. The van der Waals surface area contributed by atoms with Crippen molar-refractivity contribution >= 4 is 0 Å². The van der Waals surface area contributed by atoms with E-state index in [2.05, 4.69) is 12.2 Å². The maximum absolute atomic E-state index is 5.92. The van der Waals surface area contributed by atoms with Gasteiger partial charge in [0.15, 0.2) is 0 Å². The van der Waals surface area contributed by atoms with Gasteiger partial charge in [-0.05, 0) is 38.5 Å². The molecule has 2 heterocycles. The van der Waals surface area contributed by atoms with Gasteiger partial charge in [-0.1, -0.05) is 12.2 Å². The maximum Gasteiger partial charge on any atom is 0.107 e. The Morgan fingerprint density at radius 3 is 2.35 bits per heavy atom. The third-order valence-corrected chi connectivity index (χ3v) is 3.33. The van der Waals surface area contributed by atoms with E-state index in [1.165, 1.54) is 0 Å². The SMILES string of the molecule is C1=C\CCCO[C@H]2CCCO[C@@H]2COCCC/1. The summed E-state index contributed by atoms with van der Waals surface area (Å²) >= 11 is 0. The van der Waals surface area contributed by atoms with Crippen LogP contribution in [0.25, 0.3) is 0 Å². The minimum Gasteiger partial charge on any atom is -0.379 e. The summed E-state index contributed by atoms with van der Waals surface area (Å²) in [4.78, 5) is 0. The van der Waals surface area contributed by atoms with Gasteiger partial charge in [-0.2, -0.15) is 0 Å². The van der Waals surface area contributed by atoms with Crippen molar-refractivity contribution < 1.29 is 14.2 Å². The van der Waals surface area contributed by atoms with E-state index >= 15 is 0 Å². The van der Waals surface area contributed by atoms with Gasteiger partial charge in [0.25, 0.3) is 0 Å². The molecule has 2 rings (SSSR count). The molecule has 0 amide bonds. The fourth-order valence-electron chi connectivity index (χ4n) is 2.33. The first kappa shape index (κ1) is 13.1. The fourth-order valence-corrected chi connectivity index (χ4v) is 2.33. The third kappa shape index (κ3) is 4.78. The lowest BCUT2D eigenvalue weighted by atomic mass is 10.1. The molecule has 2 atom stereocenters. The smallest absolute Gasteiger partial charge is 0.107 e. The van der Waals surface area contributed by atoms with Crippen molar-refractivity contribution in [1.82, 2.24) is 0 Å².